The number of hydrogen-bond acceptors (Lipinski definition) is 7. The summed E-state index contributed by atoms with van der Waals surface area (Å²) in [5.41, 5.74) is 7.69. The fraction of sp³-hybridized carbons (Fsp3) is 0.774. The second-order valence-corrected chi connectivity index (χ2v) is 12.3. The minimum absolute atomic E-state index is 0.0129. The molecule has 1 aromatic carbocycles. The quantitative estimate of drug-likeness (QED) is 0.235. The van der Waals surface area contributed by atoms with Crippen LogP contribution in [0.25, 0.3) is 0 Å². The van der Waals surface area contributed by atoms with E-state index in [2.05, 4.69) is 32.2 Å². The Morgan fingerprint density at radius 1 is 1.13 bits per heavy atom. The third-order valence-corrected chi connectivity index (χ3v) is 8.12. The van der Waals surface area contributed by atoms with Gasteiger partial charge in [0.15, 0.2) is 11.5 Å². The van der Waals surface area contributed by atoms with Gasteiger partial charge >= 0.3 is 0 Å². The van der Waals surface area contributed by atoms with Crippen LogP contribution < -0.4 is 20.5 Å². The maximum atomic E-state index is 13.1. The van der Waals surface area contributed by atoms with Gasteiger partial charge in [-0.25, -0.2) is 0 Å². The molecule has 224 valence electrons. The summed E-state index contributed by atoms with van der Waals surface area (Å²) in [6, 6.07) is 5.62. The third-order valence-electron chi connectivity index (χ3n) is 8.12. The first kappa shape index (κ1) is 33.3. The summed E-state index contributed by atoms with van der Waals surface area (Å²) >= 11 is 0. The van der Waals surface area contributed by atoms with E-state index in [1.165, 1.54) is 0 Å². The summed E-state index contributed by atoms with van der Waals surface area (Å²) in [4.78, 5) is 13.1. The average Bonchev–Trinajstić information content (AvgIpc) is 3.34. The van der Waals surface area contributed by atoms with Gasteiger partial charge < -0.3 is 35.1 Å². The molecule has 8 heteroatoms. The van der Waals surface area contributed by atoms with Gasteiger partial charge in [-0.1, -0.05) is 40.7 Å². The van der Waals surface area contributed by atoms with Crippen molar-refractivity contribution in [3.63, 3.8) is 0 Å². The Morgan fingerprint density at radius 2 is 1.87 bits per heavy atom. The Kier molecular flexibility index (Phi) is 14.0. The third kappa shape index (κ3) is 10.9. The lowest BCUT2D eigenvalue weighted by atomic mass is 9.80. The fourth-order valence-electron chi connectivity index (χ4n) is 5.14. The van der Waals surface area contributed by atoms with Gasteiger partial charge in [-0.3, -0.25) is 4.79 Å². The van der Waals surface area contributed by atoms with Gasteiger partial charge in [-0.15, -0.1) is 0 Å². The van der Waals surface area contributed by atoms with Gasteiger partial charge in [-0.05, 0) is 61.1 Å². The van der Waals surface area contributed by atoms with Crippen LogP contribution in [0.2, 0.25) is 0 Å². The number of nitrogens with one attached hydrogen (secondary N) is 1. The molecule has 1 aromatic rings. The number of nitrogens with two attached hydrogens (primary N) is 1. The van der Waals surface area contributed by atoms with E-state index in [9.17, 15) is 9.90 Å². The molecular weight excluding hydrogens is 496 g/mol. The lowest BCUT2D eigenvalue weighted by Gasteiger charge is -2.31. The van der Waals surface area contributed by atoms with Crippen LogP contribution in [0, 0.1) is 29.1 Å². The van der Waals surface area contributed by atoms with E-state index < -0.39 is 12.1 Å². The predicted molar refractivity (Wildman–Crippen MR) is 155 cm³/mol. The minimum Gasteiger partial charge on any atom is -0.493 e. The zero-order valence-corrected chi connectivity index (χ0v) is 25.3. The lowest BCUT2D eigenvalue weighted by Crippen LogP contribution is -2.44. The van der Waals surface area contributed by atoms with Crippen LogP contribution in [0.3, 0.4) is 0 Å². The number of amides is 1. The van der Waals surface area contributed by atoms with Crippen molar-refractivity contribution in [3.05, 3.63) is 23.8 Å². The van der Waals surface area contributed by atoms with Gasteiger partial charge in [0.05, 0.1) is 26.4 Å². The van der Waals surface area contributed by atoms with Gasteiger partial charge in [0, 0.05) is 50.7 Å². The lowest BCUT2D eigenvalue weighted by molar-refractivity contribution is -0.128. The Balaban J connectivity index is 1.99. The van der Waals surface area contributed by atoms with Gasteiger partial charge in [-0.2, -0.15) is 0 Å². The highest BCUT2D eigenvalue weighted by Crippen LogP contribution is 2.32. The van der Waals surface area contributed by atoms with Crippen LogP contribution in [0.1, 0.15) is 65.9 Å². The monoisotopic (exact) mass is 550 g/mol. The van der Waals surface area contributed by atoms with E-state index in [-0.39, 0.29) is 29.1 Å². The number of hydrogen-bond donors (Lipinski definition) is 3. The van der Waals surface area contributed by atoms with E-state index in [4.69, 9.17) is 24.7 Å². The molecule has 5 atom stereocenters. The Hall–Kier alpha value is -1.87. The fourth-order valence-corrected chi connectivity index (χ4v) is 5.14. The molecule has 0 aromatic heterocycles. The maximum absolute atomic E-state index is 13.1. The Morgan fingerprint density at radius 3 is 2.46 bits per heavy atom. The summed E-state index contributed by atoms with van der Waals surface area (Å²) in [7, 11) is 3.32. The molecule has 0 radical (unpaired) electrons. The molecule has 4 N–H and O–H groups in total. The van der Waals surface area contributed by atoms with Crippen LogP contribution in [0.4, 0.5) is 0 Å². The van der Waals surface area contributed by atoms with E-state index in [1.54, 1.807) is 14.2 Å². The number of ether oxygens (including phenoxy) is 4. The summed E-state index contributed by atoms with van der Waals surface area (Å²) in [6.45, 7) is 13.8. The predicted octanol–water partition coefficient (Wildman–Crippen LogP) is 4.21. The maximum Gasteiger partial charge on any atom is 0.223 e. The van der Waals surface area contributed by atoms with E-state index in [0.717, 1.165) is 37.2 Å². The summed E-state index contributed by atoms with van der Waals surface area (Å²) < 4.78 is 22.1. The van der Waals surface area contributed by atoms with E-state index in [0.29, 0.717) is 50.9 Å². The van der Waals surface area contributed by atoms with Crippen LogP contribution >= 0.6 is 0 Å². The first-order valence-corrected chi connectivity index (χ1v) is 14.6. The van der Waals surface area contributed by atoms with Crippen LogP contribution in [0.15, 0.2) is 18.2 Å². The molecule has 39 heavy (non-hydrogen) atoms. The number of carbonyl (C=O) groups excluding carboxylic acids is 1. The van der Waals surface area contributed by atoms with Crippen molar-refractivity contribution in [1.29, 1.82) is 0 Å². The Labute approximate surface area is 236 Å². The molecule has 1 amide bonds. The molecule has 1 aliphatic heterocycles. The largest absolute Gasteiger partial charge is 0.493 e. The zero-order valence-electron chi connectivity index (χ0n) is 25.3. The molecule has 1 fully saturated rings. The second-order valence-electron chi connectivity index (χ2n) is 12.3. The van der Waals surface area contributed by atoms with Gasteiger partial charge in [0.25, 0.3) is 0 Å². The van der Waals surface area contributed by atoms with Crippen LogP contribution in [-0.4, -0.2) is 70.4 Å². The summed E-state index contributed by atoms with van der Waals surface area (Å²) in [5.74, 6) is 1.85. The normalized spacial score (nSPS) is 20.6. The molecule has 0 aliphatic carbocycles. The second kappa shape index (κ2) is 16.4. The molecule has 1 unspecified atom stereocenters. The van der Waals surface area contributed by atoms with Crippen molar-refractivity contribution in [3.8, 4) is 11.5 Å². The first-order chi connectivity index (χ1) is 18.5. The number of benzene rings is 1. The minimum atomic E-state index is -0.759. The first-order valence-electron chi connectivity index (χ1n) is 14.6. The van der Waals surface area contributed by atoms with E-state index in [1.807, 2.05) is 26.0 Å². The van der Waals surface area contributed by atoms with Crippen molar-refractivity contribution in [2.75, 3.05) is 47.2 Å². The highest BCUT2D eigenvalue weighted by atomic mass is 16.5. The van der Waals surface area contributed by atoms with Crippen molar-refractivity contribution < 1.29 is 28.8 Å². The smallest absolute Gasteiger partial charge is 0.223 e. The highest BCUT2D eigenvalue weighted by molar-refractivity contribution is 5.79. The molecular formula is C31H54N2O6. The zero-order chi connectivity index (χ0) is 29.0. The molecule has 0 bridgehead atoms. The summed E-state index contributed by atoms with van der Waals surface area (Å²) in [5, 5.41) is 14.2. The molecule has 1 saturated heterocycles. The molecule has 0 saturated carbocycles. The number of carbonyl (C=O) groups is 1. The van der Waals surface area contributed by atoms with Gasteiger partial charge in [0.2, 0.25) is 5.91 Å². The number of methoxy groups -OCH3 is 2. The van der Waals surface area contributed by atoms with Crippen molar-refractivity contribution in [2.24, 2.45) is 34.8 Å². The molecule has 8 nitrogen and oxygen atoms in total. The molecule has 1 aliphatic rings. The van der Waals surface area contributed by atoms with Crippen molar-refractivity contribution in [1.82, 2.24) is 5.32 Å². The molecule has 1 heterocycles. The molecule has 2 rings (SSSR count). The molecule has 0 spiro atoms. The Bertz CT molecular complexity index is 855. The standard InChI is InChI=1S/C31H54N2O6/c1-21(2)24(15-23-9-10-28(37-7)29(16-23)39-13-8-12-36-6)17-26(32)27(34)18-25(22(3)4)30(35)33-19-31(5)11-14-38-20-31/h9-10,16,21-22,24-27,34H,8,11-15,17-20,32H2,1-7H3,(H,33,35)/t24-,25-,26-,27-,31?/m0/s1. The number of aliphatic hydroxyl groups excluding tert-OH is 1. The van der Waals surface area contributed by atoms with Crippen molar-refractivity contribution >= 4 is 5.91 Å². The van der Waals surface area contributed by atoms with Gasteiger partial charge in [0.1, 0.15) is 0 Å². The number of rotatable bonds is 18. The van der Waals surface area contributed by atoms with Crippen molar-refractivity contribution in [2.45, 2.75) is 78.9 Å². The SMILES string of the molecule is COCCCOc1cc(C[C@@H](C[C@H](N)[C@@H](O)C[C@H](C(=O)NCC2(C)CCOC2)C(C)C)C(C)C)ccc1OC. The topological polar surface area (TPSA) is 112 Å². The van der Waals surface area contributed by atoms with Crippen LogP contribution in [-0.2, 0) is 20.7 Å². The van der Waals surface area contributed by atoms with Crippen LogP contribution in [0.5, 0.6) is 11.5 Å². The highest BCUT2D eigenvalue weighted by Gasteiger charge is 2.33. The number of aliphatic hydroxyl groups is 1. The average molecular weight is 551 g/mol. The van der Waals surface area contributed by atoms with E-state index >= 15 is 0 Å². The summed E-state index contributed by atoms with van der Waals surface area (Å²) in [6.07, 6.45) is 2.81.